The highest BCUT2D eigenvalue weighted by atomic mass is 35.5. The van der Waals surface area contributed by atoms with Crippen molar-refractivity contribution in [1.29, 1.82) is 0 Å². The number of anilines is 1. The van der Waals surface area contributed by atoms with Crippen molar-refractivity contribution < 1.29 is 22.4 Å². The van der Waals surface area contributed by atoms with Crippen LogP contribution in [-0.4, -0.2) is 31.0 Å². The third-order valence-electron chi connectivity index (χ3n) is 5.42. The fourth-order valence-corrected chi connectivity index (χ4v) is 5.05. The Kier molecular flexibility index (Phi) is 5.80. The molecule has 35 heavy (non-hydrogen) atoms. The van der Waals surface area contributed by atoms with Gasteiger partial charge in [0.2, 0.25) is 5.91 Å². The fourth-order valence-electron chi connectivity index (χ4n) is 3.80. The number of amides is 1. The molecule has 0 spiro atoms. The second-order valence-electron chi connectivity index (χ2n) is 7.75. The third-order valence-corrected chi connectivity index (χ3v) is 6.77. The zero-order valence-electron chi connectivity index (χ0n) is 17.5. The molecule has 0 fully saturated rings. The number of thioether (sulfide) groups is 1. The smallest absolute Gasteiger partial charge is 0.326 e. The number of rotatable bonds is 4. The first-order valence-electron chi connectivity index (χ1n) is 10.2. The average Bonchev–Trinajstić information content (AvgIpc) is 3.40. The molecule has 1 aliphatic rings. The molecule has 180 valence electrons. The molecular weight excluding hydrogens is 510 g/mol. The molecule has 2 aromatic carbocycles. The first-order chi connectivity index (χ1) is 16.6. The van der Waals surface area contributed by atoms with Gasteiger partial charge in [0.05, 0.1) is 23.5 Å². The van der Waals surface area contributed by atoms with Gasteiger partial charge in [-0.1, -0.05) is 23.4 Å². The molecule has 7 nitrogen and oxygen atoms in total. The molecule has 0 saturated heterocycles. The molecule has 1 amide bonds. The normalized spacial score (nSPS) is 15.4. The fraction of sp³-hybridized carbons (Fsp3) is 0.182. The Morgan fingerprint density at radius 3 is 2.66 bits per heavy atom. The van der Waals surface area contributed by atoms with Crippen molar-refractivity contribution >= 4 is 46.0 Å². The number of alkyl halides is 3. The predicted octanol–water partition coefficient (Wildman–Crippen LogP) is 5.07. The minimum atomic E-state index is -4.90. The summed E-state index contributed by atoms with van der Waals surface area (Å²) < 4.78 is 55.3. The number of hydrogen-bond donors (Lipinski definition) is 1. The highest BCUT2D eigenvalue weighted by Crippen LogP contribution is 2.35. The Labute approximate surface area is 203 Å². The van der Waals surface area contributed by atoms with E-state index in [4.69, 9.17) is 11.6 Å². The monoisotopic (exact) mass is 523 g/mol. The van der Waals surface area contributed by atoms with Crippen molar-refractivity contribution in [1.82, 2.24) is 19.3 Å². The zero-order chi connectivity index (χ0) is 24.9. The molecule has 4 aromatic rings. The lowest BCUT2D eigenvalue weighted by molar-refractivity contribution is -0.140. The number of halogens is 5. The summed E-state index contributed by atoms with van der Waals surface area (Å²) in [5.41, 5.74) is -1.03. The second kappa shape index (κ2) is 8.68. The molecular formula is C22H14ClF4N5O2S. The molecule has 0 radical (unpaired) electrons. The van der Waals surface area contributed by atoms with E-state index in [1.807, 2.05) is 0 Å². The Balaban J connectivity index is 1.40. The van der Waals surface area contributed by atoms with Crippen molar-refractivity contribution in [2.75, 3.05) is 11.1 Å². The van der Waals surface area contributed by atoms with E-state index in [0.29, 0.717) is 39.4 Å². The van der Waals surface area contributed by atoms with Gasteiger partial charge in [-0.05, 0) is 42.5 Å². The van der Waals surface area contributed by atoms with Crippen molar-refractivity contribution in [3.05, 3.63) is 75.4 Å². The molecule has 3 heterocycles. The number of aromatic nitrogens is 4. The predicted molar refractivity (Wildman–Crippen MR) is 123 cm³/mol. The minimum Gasteiger partial charge on any atom is -0.326 e. The lowest BCUT2D eigenvalue weighted by atomic mass is 10.1. The van der Waals surface area contributed by atoms with Crippen LogP contribution in [0.5, 0.6) is 0 Å². The van der Waals surface area contributed by atoms with Crippen LogP contribution in [0.4, 0.5) is 23.2 Å². The van der Waals surface area contributed by atoms with Gasteiger partial charge in [0.15, 0.2) is 10.8 Å². The van der Waals surface area contributed by atoms with Gasteiger partial charge in [0.25, 0.3) is 5.56 Å². The van der Waals surface area contributed by atoms with Crippen LogP contribution in [0.1, 0.15) is 18.0 Å². The number of carbonyl (C=O) groups excluding carboxylic acids is 1. The largest absolute Gasteiger partial charge is 0.419 e. The van der Waals surface area contributed by atoms with E-state index >= 15 is 0 Å². The summed E-state index contributed by atoms with van der Waals surface area (Å²) in [4.78, 5) is 30.3. The number of benzene rings is 2. The highest BCUT2D eigenvalue weighted by Gasteiger charge is 2.34. The molecule has 0 saturated carbocycles. The number of carbonyl (C=O) groups is 1. The average molecular weight is 524 g/mol. The van der Waals surface area contributed by atoms with E-state index in [1.54, 1.807) is 24.3 Å². The highest BCUT2D eigenvalue weighted by molar-refractivity contribution is 7.99. The van der Waals surface area contributed by atoms with Crippen molar-refractivity contribution in [2.45, 2.75) is 23.8 Å². The maximum absolute atomic E-state index is 13.5. The van der Waals surface area contributed by atoms with Crippen LogP contribution in [-0.2, 0) is 11.0 Å². The molecule has 1 atom stereocenters. The van der Waals surface area contributed by atoms with Crippen LogP contribution in [0.15, 0.2) is 58.6 Å². The molecule has 1 aliphatic heterocycles. The number of nitrogens with zero attached hydrogens (tertiary/aromatic N) is 4. The van der Waals surface area contributed by atoms with Gasteiger partial charge >= 0.3 is 6.18 Å². The summed E-state index contributed by atoms with van der Waals surface area (Å²) in [6.07, 6.45) is -3.69. The first-order valence-corrected chi connectivity index (χ1v) is 11.5. The van der Waals surface area contributed by atoms with Crippen LogP contribution in [0.25, 0.3) is 16.7 Å². The van der Waals surface area contributed by atoms with Crippen LogP contribution >= 0.6 is 23.4 Å². The first kappa shape index (κ1) is 23.4. The quantitative estimate of drug-likeness (QED) is 0.298. The van der Waals surface area contributed by atoms with Gasteiger partial charge in [-0.15, -0.1) is 0 Å². The summed E-state index contributed by atoms with van der Waals surface area (Å²) in [7, 11) is 0. The molecule has 13 heteroatoms. The third kappa shape index (κ3) is 4.39. The maximum Gasteiger partial charge on any atom is 0.419 e. The summed E-state index contributed by atoms with van der Waals surface area (Å²) in [5, 5.41) is 7.81. The molecule has 0 aliphatic carbocycles. The van der Waals surface area contributed by atoms with E-state index in [-0.39, 0.29) is 23.1 Å². The summed E-state index contributed by atoms with van der Waals surface area (Å²) in [6, 6.07) is 8.50. The lowest BCUT2D eigenvalue weighted by Crippen LogP contribution is -2.27. The van der Waals surface area contributed by atoms with Crippen molar-refractivity contribution in [3.63, 3.8) is 0 Å². The van der Waals surface area contributed by atoms with E-state index < -0.39 is 29.5 Å². The summed E-state index contributed by atoms with van der Waals surface area (Å²) >= 11 is 7.22. The number of nitrogens with one attached hydrogen (secondary N) is 1. The Morgan fingerprint density at radius 2 is 1.94 bits per heavy atom. The van der Waals surface area contributed by atoms with Crippen LogP contribution in [0.3, 0.4) is 0 Å². The molecule has 2 aromatic heterocycles. The summed E-state index contributed by atoms with van der Waals surface area (Å²) in [6.45, 7) is 0. The Hall–Kier alpha value is -3.38. The molecule has 1 N–H and O–H groups in total. The minimum absolute atomic E-state index is 0.183. The van der Waals surface area contributed by atoms with Gasteiger partial charge < -0.3 is 5.32 Å². The van der Waals surface area contributed by atoms with Gasteiger partial charge in [0, 0.05) is 22.9 Å². The molecule has 0 bridgehead atoms. The summed E-state index contributed by atoms with van der Waals surface area (Å²) in [5.74, 6) is -1.68. The van der Waals surface area contributed by atoms with Gasteiger partial charge in [-0.3, -0.25) is 14.2 Å². The van der Waals surface area contributed by atoms with E-state index in [1.165, 1.54) is 27.2 Å². The topological polar surface area (TPSA) is 81.8 Å². The molecule has 5 rings (SSSR count). The second-order valence-corrected chi connectivity index (χ2v) is 9.17. The van der Waals surface area contributed by atoms with E-state index in [0.717, 1.165) is 6.07 Å². The Bertz CT molecular complexity index is 1520. The van der Waals surface area contributed by atoms with E-state index in [2.05, 4.69) is 15.4 Å². The van der Waals surface area contributed by atoms with Crippen LogP contribution in [0, 0.1) is 5.82 Å². The van der Waals surface area contributed by atoms with E-state index in [9.17, 15) is 27.2 Å². The molecule has 1 unspecified atom stereocenters. The van der Waals surface area contributed by atoms with Crippen molar-refractivity contribution in [2.24, 2.45) is 0 Å². The van der Waals surface area contributed by atoms with Crippen LogP contribution < -0.4 is 10.9 Å². The number of hydrogen-bond acceptors (Lipinski definition) is 5. The van der Waals surface area contributed by atoms with Gasteiger partial charge in [-0.2, -0.15) is 18.3 Å². The number of fused-ring (bicyclic) bond motifs is 2. The lowest BCUT2D eigenvalue weighted by Gasteiger charge is -2.14. The van der Waals surface area contributed by atoms with Gasteiger partial charge in [-0.25, -0.2) is 14.1 Å². The van der Waals surface area contributed by atoms with Crippen LogP contribution in [0.2, 0.25) is 5.02 Å². The maximum atomic E-state index is 13.5. The zero-order valence-corrected chi connectivity index (χ0v) is 19.1. The Morgan fingerprint density at radius 1 is 1.20 bits per heavy atom. The van der Waals surface area contributed by atoms with Gasteiger partial charge in [0.1, 0.15) is 11.2 Å². The standard InChI is InChI=1S/C22H14ClF4N5O2S/c23-11-1-4-13(5-2-11)32-19-15(9-28-32)20(34)31-14(10-35-21(31)30-19)8-18(33)29-12-3-6-17(24)16(7-12)22(25,26)27/h1-7,9,14H,8,10H2,(H,29,33). The SMILES string of the molecule is O=C(CC1CSc2nc3c(cnn3-c3ccc(Cl)cc3)c(=O)n21)Nc1ccc(F)c(C(F)(F)F)c1. The van der Waals surface area contributed by atoms with Crippen molar-refractivity contribution in [3.8, 4) is 5.69 Å².